The first kappa shape index (κ1) is 18.8. The van der Waals surface area contributed by atoms with Gasteiger partial charge in [-0.3, -0.25) is 9.88 Å². The zero-order valence-corrected chi connectivity index (χ0v) is 16.8. The lowest BCUT2D eigenvalue weighted by atomic mass is 10.1. The molecule has 0 unspecified atom stereocenters. The average Bonchev–Trinajstić information content (AvgIpc) is 3.16. The Hall–Kier alpha value is -3.23. The number of imidazole rings is 1. The highest BCUT2D eigenvalue weighted by atomic mass is 16.4. The summed E-state index contributed by atoms with van der Waals surface area (Å²) in [4.78, 5) is 26.0. The molecule has 1 N–H and O–H groups in total. The minimum Gasteiger partial charge on any atom is -0.422 e. The first-order valence-corrected chi connectivity index (χ1v) is 10.1. The molecule has 8 heteroatoms. The van der Waals surface area contributed by atoms with Gasteiger partial charge in [0, 0.05) is 62.3 Å². The molecular formula is C22H23N5O3. The van der Waals surface area contributed by atoms with Gasteiger partial charge in [-0.1, -0.05) is 0 Å². The van der Waals surface area contributed by atoms with E-state index in [-0.39, 0.29) is 6.61 Å². The predicted molar refractivity (Wildman–Crippen MR) is 115 cm³/mol. The quantitative estimate of drug-likeness (QED) is 0.519. The van der Waals surface area contributed by atoms with Crippen molar-refractivity contribution >= 4 is 22.3 Å². The molecule has 1 saturated heterocycles. The summed E-state index contributed by atoms with van der Waals surface area (Å²) in [7, 11) is 0. The SMILES string of the molecule is Cc1cn2cc(-c3cc4ccc(N5CCN(CCO)CC5)cc4oc3=O)nc2cn1. The third kappa shape index (κ3) is 3.44. The Kier molecular flexibility index (Phi) is 4.72. The number of aryl methyl sites for hydroxylation is 1. The summed E-state index contributed by atoms with van der Waals surface area (Å²) < 4.78 is 7.53. The first-order chi connectivity index (χ1) is 14.6. The number of piperazine rings is 1. The van der Waals surface area contributed by atoms with Crippen molar-refractivity contribution in [1.82, 2.24) is 19.3 Å². The molecule has 4 heterocycles. The molecule has 1 fully saturated rings. The summed E-state index contributed by atoms with van der Waals surface area (Å²) in [5, 5.41) is 9.96. The van der Waals surface area contributed by atoms with Gasteiger partial charge in [-0.2, -0.15) is 0 Å². The number of aliphatic hydroxyl groups is 1. The number of aromatic nitrogens is 3. The highest BCUT2D eigenvalue weighted by Crippen LogP contribution is 2.26. The Morgan fingerprint density at radius 1 is 1.13 bits per heavy atom. The monoisotopic (exact) mass is 405 g/mol. The minimum atomic E-state index is -0.402. The molecular weight excluding hydrogens is 382 g/mol. The Bertz CT molecular complexity index is 1270. The summed E-state index contributed by atoms with van der Waals surface area (Å²) in [6, 6.07) is 7.81. The fourth-order valence-corrected chi connectivity index (χ4v) is 3.98. The third-order valence-electron chi connectivity index (χ3n) is 5.62. The van der Waals surface area contributed by atoms with Crippen LogP contribution in [0.1, 0.15) is 5.69 Å². The van der Waals surface area contributed by atoms with Crippen LogP contribution in [-0.4, -0.2) is 63.7 Å². The van der Waals surface area contributed by atoms with E-state index in [9.17, 15) is 4.79 Å². The van der Waals surface area contributed by atoms with Crippen molar-refractivity contribution in [3.05, 3.63) is 59.0 Å². The fraction of sp³-hybridized carbons (Fsp3) is 0.318. The van der Waals surface area contributed by atoms with Crippen molar-refractivity contribution in [1.29, 1.82) is 0 Å². The van der Waals surface area contributed by atoms with Crippen LogP contribution in [0.15, 0.2) is 52.1 Å². The van der Waals surface area contributed by atoms with Crippen LogP contribution in [0.2, 0.25) is 0 Å². The van der Waals surface area contributed by atoms with Crippen LogP contribution in [0.3, 0.4) is 0 Å². The topological polar surface area (TPSA) is 87.1 Å². The molecule has 5 rings (SSSR count). The molecule has 0 amide bonds. The van der Waals surface area contributed by atoms with Gasteiger partial charge in [0.2, 0.25) is 0 Å². The van der Waals surface area contributed by atoms with E-state index in [1.807, 2.05) is 41.9 Å². The Morgan fingerprint density at radius 3 is 2.77 bits per heavy atom. The second-order valence-electron chi connectivity index (χ2n) is 7.64. The Balaban J connectivity index is 1.46. The van der Waals surface area contributed by atoms with E-state index in [1.54, 1.807) is 6.20 Å². The molecule has 8 nitrogen and oxygen atoms in total. The van der Waals surface area contributed by atoms with Crippen molar-refractivity contribution in [3.63, 3.8) is 0 Å². The highest BCUT2D eigenvalue weighted by Gasteiger charge is 2.18. The Morgan fingerprint density at radius 2 is 1.97 bits per heavy atom. The van der Waals surface area contributed by atoms with Crippen LogP contribution < -0.4 is 10.5 Å². The Labute approximate surface area is 173 Å². The number of hydrogen-bond acceptors (Lipinski definition) is 7. The number of benzene rings is 1. The summed E-state index contributed by atoms with van der Waals surface area (Å²) in [6.07, 6.45) is 5.39. The van der Waals surface area contributed by atoms with E-state index in [0.717, 1.165) is 42.9 Å². The van der Waals surface area contributed by atoms with Crippen molar-refractivity contribution in [2.45, 2.75) is 6.92 Å². The molecule has 1 aliphatic heterocycles. The molecule has 154 valence electrons. The van der Waals surface area contributed by atoms with E-state index < -0.39 is 5.63 Å². The molecule has 1 aliphatic rings. The van der Waals surface area contributed by atoms with E-state index in [0.29, 0.717) is 29.0 Å². The lowest BCUT2D eigenvalue weighted by Gasteiger charge is -2.35. The second-order valence-corrected chi connectivity index (χ2v) is 7.64. The molecule has 0 atom stereocenters. The maximum Gasteiger partial charge on any atom is 0.345 e. The summed E-state index contributed by atoms with van der Waals surface area (Å²) in [5.74, 6) is 0. The largest absolute Gasteiger partial charge is 0.422 e. The predicted octanol–water partition coefficient (Wildman–Crippen LogP) is 1.93. The van der Waals surface area contributed by atoms with Gasteiger partial charge < -0.3 is 18.8 Å². The van der Waals surface area contributed by atoms with Gasteiger partial charge in [0.05, 0.1) is 29.8 Å². The number of aliphatic hydroxyl groups excluding tert-OH is 1. The van der Waals surface area contributed by atoms with Gasteiger partial charge >= 0.3 is 5.63 Å². The van der Waals surface area contributed by atoms with Crippen molar-refractivity contribution in [2.24, 2.45) is 0 Å². The van der Waals surface area contributed by atoms with Crippen molar-refractivity contribution < 1.29 is 9.52 Å². The maximum absolute atomic E-state index is 12.7. The average molecular weight is 405 g/mol. The molecule has 0 bridgehead atoms. The molecule has 3 aromatic heterocycles. The maximum atomic E-state index is 12.7. The molecule has 0 saturated carbocycles. The molecule has 30 heavy (non-hydrogen) atoms. The smallest absolute Gasteiger partial charge is 0.345 e. The standard InChI is InChI=1S/C22H23N5O3/c1-15-13-27-14-19(24-21(27)12-23-15)18-10-16-2-3-17(11-20(16)30-22(18)29)26-6-4-25(5-7-26)8-9-28/h2-3,10-14,28H,4-9H2,1H3. The number of fused-ring (bicyclic) bond motifs is 2. The second kappa shape index (κ2) is 7.55. The van der Waals surface area contributed by atoms with E-state index in [2.05, 4.69) is 25.8 Å². The lowest BCUT2D eigenvalue weighted by molar-refractivity contribution is 0.189. The molecule has 0 radical (unpaired) electrons. The van der Waals surface area contributed by atoms with Gasteiger partial charge in [0.15, 0.2) is 5.65 Å². The van der Waals surface area contributed by atoms with Crippen LogP contribution in [0.5, 0.6) is 0 Å². The van der Waals surface area contributed by atoms with E-state index >= 15 is 0 Å². The number of rotatable bonds is 4. The van der Waals surface area contributed by atoms with Crippen molar-refractivity contribution in [2.75, 3.05) is 44.2 Å². The zero-order chi connectivity index (χ0) is 20.7. The summed E-state index contributed by atoms with van der Waals surface area (Å²) in [6.45, 7) is 6.37. The van der Waals surface area contributed by atoms with Crippen molar-refractivity contribution in [3.8, 4) is 11.3 Å². The minimum absolute atomic E-state index is 0.186. The zero-order valence-electron chi connectivity index (χ0n) is 16.8. The summed E-state index contributed by atoms with van der Waals surface area (Å²) in [5.41, 5.74) is 3.78. The van der Waals surface area contributed by atoms with E-state index in [4.69, 9.17) is 9.52 Å². The van der Waals surface area contributed by atoms with E-state index in [1.165, 1.54) is 0 Å². The normalized spacial score (nSPS) is 15.3. The number of hydrogen-bond donors (Lipinski definition) is 1. The molecule has 0 spiro atoms. The fourth-order valence-electron chi connectivity index (χ4n) is 3.98. The van der Waals surface area contributed by atoms with Crippen LogP contribution in [0.25, 0.3) is 27.9 Å². The van der Waals surface area contributed by atoms with Gasteiger partial charge in [-0.05, 0) is 25.1 Å². The number of β-amino-alcohol motifs (C(OH)–C–C–N with tert-alkyl or cyclic N) is 1. The van der Waals surface area contributed by atoms with Gasteiger partial charge in [0.25, 0.3) is 0 Å². The van der Waals surface area contributed by atoms with Crippen LogP contribution in [0.4, 0.5) is 5.69 Å². The molecule has 4 aromatic rings. The third-order valence-corrected chi connectivity index (χ3v) is 5.62. The highest BCUT2D eigenvalue weighted by molar-refractivity contribution is 5.84. The van der Waals surface area contributed by atoms with Crippen LogP contribution in [-0.2, 0) is 0 Å². The van der Waals surface area contributed by atoms with Gasteiger partial charge in [0.1, 0.15) is 5.58 Å². The van der Waals surface area contributed by atoms with Crippen LogP contribution in [0, 0.1) is 6.92 Å². The number of anilines is 1. The molecule has 1 aromatic carbocycles. The van der Waals surface area contributed by atoms with Gasteiger partial charge in [-0.15, -0.1) is 0 Å². The molecule has 0 aliphatic carbocycles. The van der Waals surface area contributed by atoms with Crippen LogP contribution >= 0.6 is 0 Å². The summed E-state index contributed by atoms with van der Waals surface area (Å²) >= 11 is 0. The number of nitrogens with zero attached hydrogens (tertiary/aromatic N) is 5. The first-order valence-electron chi connectivity index (χ1n) is 10.1. The lowest BCUT2D eigenvalue weighted by Crippen LogP contribution is -2.47. The van der Waals surface area contributed by atoms with Gasteiger partial charge in [-0.25, -0.2) is 9.78 Å².